The molecule has 2 aromatic rings. The zero-order valence-corrected chi connectivity index (χ0v) is 11.1. The second-order valence-corrected chi connectivity index (χ2v) is 4.57. The van der Waals surface area contributed by atoms with E-state index >= 15 is 0 Å². The van der Waals surface area contributed by atoms with Gasteiger partial charge in [-0.05, 0) is 50.2 Å². The van der Waals surface area contributed by atoms with Crippen LogP contribution in [0.5, 0.6) is 0 Å². The molecule has 0 atom stereocenters. The van der Waals surface area contributed by atoms with Crippen LogP contribution in [0.25, 0.3) is 0 Å². The first-order valence-electron chi connectivity index (χ1n) is 6.23. The Morgan fingerprint density at radius 2 is 1.79 bits per heavy atom. The van der Waals surface area contributed by atoms with E-state index in [0.717, 1.165) is 11.4 Å². The highest BCUT2D eigenvalue weighted by molar-refractivity contribution is 6.04. The number of nitrogens with zero attached hydrogens (tertiary/aromatic N) is 1. The number of hydrogen-bond donors (Lipinski definition) is 2. The number of benzene rings is 1. The first-order chi connectivity index (χ1) is 9.15. The summed E-state index contributed by atoms with van der Waals surface area (Å²) >= 11 is 0. The fourth-order valence-corrected chi connectivity index (χ4v) is 1.68. The van der Waals surface area contributed by atoms with Gasteiger partial charge in [0.25, 0.3) is 5.91 Å². The molecule has 0 aliphatic rings. The topological polar surface area (TPSA) is 54.0 Å². The van der Waals surface area contributed by atoms with E-state index in [0.29, 0.717) is 11.6 Å². The Labute approximate surface area is 112 Å². The van der Waals surface area contributed by atoms with Gasteiger partial charge in [-0.3, -0.25) is 9.78 Å². The predicted octanol–water partition coefficient (Wildman–Crippen LogP) is 3.15. The molecule has 0 aliphatic carbocycles. The molecule has 4 nitrogen and oxygen atoms in total. The summed E-state index contributed by atoms with van der Waals surface area (Å²) in [7, 11) is 0. The Morgan fingerprint density at radius 3 is 2.37 bits per heavy atom. The van der Waals surface area contributed by atoms with E-state index in [2.05, 4.69) is 29.5 Å². The van der Waals surface area contributed by atoms with Crippen LogP contribution in [0.3, 0.4) is 0 Å². The quantitative estimate of drug-likeness (QED) is 0.882. The van der Waals surface area contributed by atoms with Gasteiger partial charge in [0.1, 0.15) is 0 Å². The minimum Gasteiger partial charge on any atom is -0.383 e. The Balaban J connectivity index is 2.02. The fraction of sp³-hybridized carbons (Fsp3) is 0.200. The maximum atomic E-state index is 11.9. The molecule has 0 saturated carbocycles. The summed E-state index contributed by atoms with van der Waals surface area (Å²) in [5, 5.41) is 6.13. The highest BCUT2D eigenvalue weighted by Gasteiger charge is 2.05. The van der Waals surface area contributed by atoms with Crippen molar-refractivity contribution in [3.63, 3.8) is 0 Å². The molecule has 0 unspecified atom stereocenters. The molecule has 0 aliphatic heterocycles. The third-order valence-electron chi connectivity index (χ3n) is 2.52. The summed E-state index contributed by atoms with van der Waals surface area (Å²) in [6, 6.07) is 11.5. The third kappa shape index (κ3) is 3.81. The van der Waals surface area contributed by atoms with E-state index in [1.54, 1.807) is 24.5 Å². The molecule has 0 bridgehead atoms. The van der Waals surface area contributed by atoms with Crippen LogP contribution in [-0.4, -0.2) is 16.9 Å². The molecule has 0 saturated heterocycles. The van der Waals surface area contributed by atoms with Gasteiger partial charge in [0.05, 0.1) is 5.56 Å². The number of anilines is 2. The maximum absolute atomic E-state index is 11.9. The van der Waals surface area contributed by atoms with Crippen LogP contribution in [0.1, 0.15) is 24.2 Å². The van der Waals surface area contributed by atoms with Gasteiger partial charge < -0.3 is 10.6 Å². The van der Waals surface area contributed by atoms with Crippen molar-refractivity contribution in [3.8, 4) is 0 Å². The predicted molar refractivity (Wildman–Crippen MR) is 77.4 cm³/mol. The SMILES string of the molecule is CC(C)Nc1ccc(NC(=O)c2cccnc2)cc1. The van der Waals surface area contributed by atoms with Gasteiger partial charge in [-0.25, -0.2) is 0 Å². The van der Waals surface area contributed by atoms with Crippen molar-refractivity contribution in [2.45, 2.75) is 19.9 Å². The van der Waals surface area contributed by atoms with Gasteiger partial charge in [0, 0.05) is 29.8 Å². The average Bonchev–Trinajstić information content (AvgIpc) is 2.41. The number of carbonyl (C=O) groups excluding carboxylic acids is 1. The number of nitrogens with one attached hydrogen (secondary N) is 2. The van der Waals surface area contributed by atoms with Crippen LogP contribution < -0.4 is 10.6 Å². The maximum Gasteiger partial charge on any atom is 0.257 e. The van der Waals surface area contributed by atoms with Crippen molar-refractivity contribution in [3.05, 3.63) is 54.4 Å². The highest BCUT2D eigenvalue weighted by Crippen LogP contribution is 2.15. The van der Waals surface area contributed by atoms with Crippen LogP contribution in [0.2, 0.25) is 0 Å². The van der Waals surface area contributed by atoms with Gasteiger partial charge in [0.15, 0.2) is 0 Å². The molecule has 2 N–H and O–H groups in total. The van der Waals surface area contributed by atoms with Crippen molar-refractivity contribution in [2.24, 2.45) is 0 Å². The molecule has 19 heavy (non-hydrogen) atoms. The number of hydrogen-bond acceptors (Lipinski definition) is 3. The molecular formula is C15H17N3O. The van der Waals surface area contributed by atoms with Crippen molar-refractivity contribution < 1.29 is 4.79 Å². The van der Waals surface area contributed by atoms with E-state index in [1.807, 2.05) is 24.3 Å². The Hall–Kier alpha value is -2.36. The highest BCUT2D eigenvalue weighted by atomic mass is 16.1. The number of aromatic nitrogens is 1. The van der Waals surface area contributed by atoms with Crippen molar-refractivity contribution in [1.29, 1.82) is 0 Å². The van der Waals surface area contributed by atoms with Gasteiger partial charge in [0.2, 0.25) is 0 Å². The molecule has 0 fully saturated rings. The minimum atomic E-state index is -0.155. The lowest BCUT2D eigenvalue weighted by molar-refractivity contribution is 0.102. The van der Waals surface area contributed by atoms with Crippen LogP contribution in [0.4, 0.5) is 11.4 Å². The zero-order chi connectivity index (χ0) is 13.7. The van der Waals surface area contributed by atoms with Crippen LogP contribution in [-0.2, 0) is 0 Å². The Bertz CT molecular complexity index is 535. The molecular weight excluding hydrogens is 238 g/mol. The van der Waals surface area contributed by atoms with E-state index in [-0.39, 0.29) is 5.91 Å². The summed E-state index contributed by atoms with van der Waals surface area (Å²) in [4.78, 5) is 15.8. The average molecular weight is 255 g/mol. The second kappa shape index (κ2) is 6.00. The van der Waals surface area contributed by atoms with Gasteiger partial charge >= 0.3 is 0 Å². The van der Waals surface area contributed by atoms with Crippen LogP contribution in [0, 0.1) is 0 Å². The molecule has 1 amide bonds. The summed E-state index contributed by atoms with van der Waals surface area (Å²) in [6.07, 6.45) is 3.19. The molecule has 0 radical (unpaired) electrons. The van der Waals surface area contributed by atoms with Crippen molar-refractivity contribution >= 4 is 17.3 Å². The smallest absolute Gasteiger partial charge is 0.257 e. The van der Waals surface area contributed by atoms with Crippen LogP contribution >= 0.6 is 0 Å². The number of rotatable bonds is 4. The van der Waals surface area contributed by atoms with E-state index in [1.165, 1.54) is 0 Å². The second-order valence-electron chi connectivity index (χ2n) is 4.57. The van der Waals surface area contributed by atoms with Crippen molar-refractivity contribution in [1.82, 2.24) is 4.98 Å². The van der Waals surface area contributed by atoms with E-state index in [9.17, 15) is 4.79 Å². The molecule has 1 aromatic carbocycles. The lowest BCUT2D eigenvalue weighted by Crippen LogP contribution is -2.12. The van der Waals surface area contributed by atoms with Crippen molar-refractivity contribution in [2.75, 3.05) is 10.6 Å². The van der Waals surface area contributed by atoms with E-state index < -0.39 is 0 Å². The summed E-state index contributed by atoms with van der Waals surface area (Å²) in [5.41, 5.74) is 2.35. The monoisotopic (exact) mass is 255 g/mol. The molecule has 2 rings (SSSR count). The molecule has 1 heterocycles. The third-order valence-corrected chi connectivity index (χ3v) is 2.52. The number of pyridine rings is 1. The normalized spacial score (nSPS) is 10.3. The standard InChI is InChI=1S/C15H17N3O/c1-11(2)17-13-5-7-14(8-6-13)18-15(19)12-4-3-9-16-10-12/h3-11,17H,1-2H3,(H,18,19). The molecule has 0 spiro atoms. The largest absolute Gasteiger partial charge is 0.383 e. The number of amides is 1. The number of carbonyl (C=O) groups is 1. The first-order valence-corrected chi connectivity index (χ1v) is 6.23. The van der Waals surface area contributed by atoms with E-state index in [4.69, 9.17) is 0 Å². The summed E-state index contributed by atoms with van der Waals surface area (Å²) in [5.74, 6) is -0.155. The zero-order valence-electron chi connectivity index (χ0n) is 11.1. The van der Waals surface area contributed by atoms with Gasteiger partial charge in [-0.15, -0.1) is 0 Å². The Morgan fingerprint density at radius 1 is 1.11 bits per heavy atom. The van der Waals surface area contributed by atoms with Crippen LogP contribution in [0.15, 0.2) is 48.8 Å². The van der Waals surface area contributed by atoms with Gasteiger partial charge in [-0.2, -0.15) is 0 Å². The summed E-state index contributed by atoms with van der Waals surface area (Å²) < 4.78 is 0. The first kappa shape index (κ1) is 13.1. The Kier molecular flexibility index (Phi) is 4.13. The lowest BCUT2D eigenvalue weighted by Gasteiger charge is -2.11. The molecule has 98 valence electrons. The molecule has 4 heteroatoms. The fourth-order valence-electron chi connectivity index (χ4n) is 1.68. The summed E-state index contributed by atoms with van der Waals surface area (Å²) in [6.45, 7) is 4.16. The molecule has 1 aromatic heterocycles. The lowest BCUT2D eigenvalue weighted by atomic mass is 10.2. The minimum absolute atomic E-state index is 0.155. The van der Waals surface area contributed by atoms with Gasteiger partial charge in [-0.1, -0.05) is 0 Å².